The van der Waals surface area contributed by atoms with Crippen LogP contribution >= 0.6 is 15.9 Å². The fourth-order valence-corrected chi connectivity index (χ4v) is 2.21. The molecule has 17 heavy (non-hydrogen) atoms. The second-order valence-electron chi connectivity index (χ2n) is 3.83. The van der Waals surface area contributed by atoms with E-state index in [-0.39, 0.29) is 0 Å². The number of aliphatic imine (C=N–C) groups is 1. The van der Waals surface area contributed by atoms with Crippen LogP contribution in [-0.2, 0) is 0 Å². The zero-order valence-electron chi connectivity index (χ0n) is 9.06. The van der Waals surface area contributed by atoms with Gasteiger partial charge in [0.05, 0.1) is 5.71 Å². The predicted molar refractivity (Wildman–Crippen MR) is 72.3 cm³/mol. The number of hydrogen-bond acceptors (Lipinski definition) is 2. The van der Waals surface area contributed by atoms with Crippen molar-refractivity contribution in [3.8, 4) is 5.75 Å². The lowest BCUT2D eigenvalue weighted by atomic mass is 10.1. The Balaban J connectivity index is 2.04. The smallest absolute Gasteiger partial charge is 0.145 e. The number of halogens is 1. The fourth-order valence-electron chi connectivity index (χ4n) is 1.81. The molecular formula is C14H10BrNO. The van der Waals surface area contributed by atoms with Gasteiger partial charge in [0.1, 0.15) is 18.0 Å². The number of rotatable bonds is 1. The third-order valence-electron chi connectivity index (χ3n) is 2.64. The van der Waals surface area contributed by atoms with Gasteiger partial charge in [-0.2, -0.15) is 0 Å². The zero-order valence-corrected chi connectivity index (χ0v) is 10.6. The van der Waals surface area contributed by atoms with Crippen LogP contribution < -0.4 is 4.74 Å². The van der Waals surface area contributed by atoms with Crippen LogP contribution in [0.3, 0.4) is 0 Å². The maximum atomic E-state index is 5.68. The SMILES string of the molecule is Brc1cccc(C2=Nc3ccccc3OC2)c1. The van der Waals surface area contributed by atoms with Gasteiger partial charge in [-0.05, 0) is 24.3 Å². The van der Waals surface area contributed by atoms with E-state index in [0.29, 0.717) is 6.61 Å². The van der Waals surface area contributed by atoms with Gasteiger partial charge in [0.2, 0.25) is 0 Å². The summed E-state index contributed by atoms with van der Waals surface area (Å²) in [6, 6.07) is 15.9. The highest BCUT2D eigenvalue weighted by Gasteiger charge is 2.13. The highest BCUT2D eigenvalue weighted by molar-refractivity contribution is 9.10. The largest absolute Gasteiger partial charge is 0.485 e. The molecule has 0 saturated carbocycles. The molecule has 3 rings (SSSR count). The van der Waals surface area contributed by atoms with Crippen molar-refractivity contribution < 1.29 is 4.74 Å². The van der Waals surface area contributed by atoms with Gasteiger partial charge in [0.15, 0.2) is 0 Å². The summed E-state index contributed by atoms with van der Waals surface area (Å²) in [4.78, 5) is 4.63. The molecule has 3 heteroatoms. The first-order valence-electron chi connectivity index (χ1n) is 5.38. The highest BCUT2D eigenvalue weighted by Crippen LogP contribution is 2.31. The van der Waals surface area contributed by atoms with Crippen molar-refractivity contribution >= 4 is 27.3 Å². The third kappa shape index (κ3) is 2.11. The van der Waals surface area contributed by atoms with E-state index in [1.54, 1.807) is 0 Å². The molecule has 0 spiro atoms. The molecule has 0 unspecified atom stereocenters. The molecule has 0 amide bonds. The van der Waals surface area contributed by atoms with E-state index in [2.05, 4.69) is 27.0 Å². The highest BCUT2D eigenvalue weighted by atomic mass is 79.9. The summed E-state index contributed by atoms with van der Waals surface area (Å²) in [5.74, 6) is 0.853. The molecule has 0 saturated heterocycles. The van der Waals surface area contributed by atoms with Gasteiger partial charge in [-0.15, -0.1) is 0 Å². The molecule has 0 aromatic heterocycles. The van der Waals surface area contributed by atoms with Gasteiger partial charge < -0.3 is 4.74 Å². The van der Waals surface area contributed by atoms with Gasteiger partial charge in [-0.1, -0.05) is 40.2 Å². The summed E-state index contributed by atoms with van der Waals surface area (Å²) < 4.78 is 6.74. The van der Waals surface area contributed by atoms with Crippen LogP contribution in [0.4, 0.5) is 5.69 Å². The molecule has 1 aliphatic rings. The predicted octanol–water partition coefficient (Wildman–Crippen LogP) is 3.96. The third-order valence-corrected chi connectivity index (χ3v) is 3.14. The molecule has 0 bridgehead atoms. The van der Waals surface area contributed by atoms with E-state index in [4.69, 9.17) is 4.74 Å². The van der Waals surface area contributed by atoms with E-state index in [1.807, 2.05) is 42.5 Å². The summed E-state index contributed by atoms with van der Waals surface area (Å²) in [6.07, 6.45) is 0. The Labute approximate surface area is 108 Å². The lowest BCUT2D eigenvalue weighted by Crippen LogP contribution is -2.16. The number of benzene rings is 2. The van der Waals surface area contributed by atoms with Crippen molar-refractivity contribution in [1.29, 1.82) is 0 Å². The fraction of sp³-hybridized carbons (Fsp3) is 0.0714. The summed E-state index contributed by atoms with van der Waals surface area (Å²) in [7, 11) is 0. The van der Waals surface area contributed by atoms with Crippen molar-refractivity contribution in [3.63, 3.8) is 0 Å². The molecule has 0 N–H and O–H groups in total. The summed E-state index contributed by atoms with van der Waals surface area (Å²) in [5.41, 5.74) is 2.95. The van der Waals surface area contributed by atoms with Crippen molar-refractivity contribution in [2.75, 3.05) is 6.61 Å². The Bertz CT molecular complexity index is 592. The average Bonchev–Trinajstić information content (AvgIpc) is 2.38. The summed E-state index contributed by atoms with van der Waals surface area (Å²) >= 11 is 3.46. The van der Waals surface area contributed by atoms with Crippen molar-refractivity contribution in [2.45, 2.75) is 0 Å². The number of hydrogen-bond donors (Lipinski definition) is 0. The summed E-state index contributed by atoms with van der Waals surface area (Å²) in [5, 5.41) is 0. The lowest BCUT2D eigenvalue weighted by Gasteiger charge is -2.16. The Morgan fingerprint density at radius 2 is 1.94 bits per heavy atom. The Hall–Kier alpha value is -1.61. The zero-order chi connectivity index (χ0) is 11.7. The summed E-state index contributed by atoms with van der Waals surface area (Å²) in [6.45, 7) is 0.521. The maximum Gasteiger partial charge on any atom is 0.145 e. The molecule has 0 atom stereocenters. The topological polar surface area (TPSA) is 21.6 Å². The first kappa shape index (κ1) is 10.5. The first-order chi connectivity index (χ1) is 8.33. The second-order valence-corrected chi connectivity index (χ2v) is 4.74. The van der Waals surface area contributed by atoms with Gasteiger partial charge in [0.25, 0.3) is 0 Å². The molecule has 0 fully saturated rings. The molecule has 2 aromatic carbocycles. The minimum Gasteiger partial charge on any atom is -0.485 e. The van der Waals surface area contributed by atoms with Gasteiger partial charge in [-0.25, -0.2) is 4.99 Å². The molecule has 2 nitrogen and oxygen atoms in total. The normalized spacial score (nSPS) is 13.6. The standard InChI is InChI=1S/C14H10BrNO/c15-11-5-3-4-10(8-11)13-9-17-14-7-2-1-6-12(14)16-13/h1-8H,9H2. The Morgan fingerprint density at radius 3 is 2.82 bits per heavy atom. The Kier molecular flexibility index (Phi) is 2.69. The van der Waals surface area contributed by atoms with Gasteiger partial charge in [0, 0.05) is 10.0 Å². The van der Waals surface area contributed by atoms with Crippen LogP contribution in [0.1, 0.15) is 5.56 Å². The van der Waals surface area contributed by atoms with Crippen molar-refractivity contribution in [1.82, 2.24) is 0 Å². The second kappa shape index (κ2) is 4.34. The number of ether oxygens (including phenoxy) is 1. The molecule has 84 valence electrons. The molecule has 2 aromatic rings. The van der Waals surface area contributed by atoms with E-state index in [9.17, 15) is 0 Å². The Morgan fingerprint density at radius 1 is 1.06 bits per heavy atom. The number of nitrogens with zero attached hydrogens (tertiary/aromatic N) is 1. The van der Waals surface area contributed by atoms with Gasteiger partial charge in [-0.3, -0.25) is 0 Å². The molecule has 1 aliphatic heterocycles. The van der Waals surface area contributed by atoms with Crippen LogP contribution in [0.5, 0.6) is 5.75 Å². The lowest BCUT2D eigenvalue weighted by molar-refractivity contribution is 0.373. The monoisotopic (exact) mass is 287 g/mol. The van der Waals surface area contributed by atoms with Crippen molar-refractivity contribution in [3.05, 3.63) is 58.6 Å². The van der Waals surface area contributed by atoms with Crippen molar-refractivity contribution in [2.24, 2.45) is 4.99 Å². The molecular weight excluding hydrogens is 278 g/mol. The molecule has 1 heterocycles. The quantitative estimate of drug-likeness (QED) is 0.778. The van der Waals surface area contributed by atoms with Crippen LogP contribution in [0.2, 0.25) is 0 Å². The molecule has 0 aliphatic carbocycles. The van der Waals surface area contributed by atoms with E-state index >= 15 is 0 Å². The first-order valence-corrected chi connectivity index (χ1v) is 6.17. The van der Waals surface area contributed by atoms with Crippen LogP contribution in [0.25, 0.3) is 0 Å². The van der Waals surface area contributed by atoms with Crippen LogP contribution in [-0.4, -0.2) is 12.3 Å². The average molecular weight is 288 g/mol. The molecule has 0 radical (unpaired) electrons. The number of fused-ring (bicyclic) bond motifs is 1. The van der Waals surface area contributed by atoms with Crippen LogP contribution in [0.15, 0.2) is 58.0 Å². The van der Waals surface area contributed by atoms with Gasteiger partial charge >= 0.3 is 0 Å². The van der Waals surface area contributed by atoms with E-state index in [1.165, 1.54) is 0 Å². The minimum atomic E-state index is 0.521. The maximum absolute atomic E-state index is 5.68. The minimum absolute atomic E-state index is 0.521. The van der Waals surface area contributed by atoms with E-state index in [0.717, 1.165) is 27.2 Å². The number of para-hydroxylation sites is 2. The van der Waals surface area contributed by atoms with E-state index < -0.39 is 0 Å². The van der Waals surface area contributed by atoms with Crippen LogP contribution in [0, 0.1) is 0 Å².